The lowest BCUT2D eigenvalue weighted by Gasteiger charge is -2.27. The maximum absolute atomic E-state index is 9.89. The minimum atomic E-state index is -0.687. The van der Waals surface area contributed by atoms with Crippen molar-refractivity contribution in [3.8, 4) is 0 Å². The molecule has 3 rings (SSSR count). The number of hydrogen-bond acceptors (Lipinski definition) is 5. The summed E-state index contributed by atoms with van der Waals surface area (Å²) in [7, 11) is 0. The molecule has 1 aromatic rings. The Morgan fingerprint density at radius 2 is 1.95 bits per heavy atom. The number of ether oxygens (including phenoxy) is 4. The molecule has 2 aliphatic rings. The largest absolute Gasteiger partial charge is 0.391 e. The van der Waals surface area contributed by atoms with Crippen LogP contribution in [-0.4, -0.2) is 41.6 Å². The molecule has 0 unspecified atom stereocenters. The second kappa shape index (κ2) is 5.66. The molecule has 2 fully saturated rings. The summed E-state index contributed by atoms with van der Waals surface area (Å²) in [6, 6.07) is 9.91. The van der Waals surface area contributed by atoms with Crippen LogP contribution in [0.25, 0.3) is 0 Å². The highest BCUT2D eigenvalue weighted by molar-refractivity contribution is 5.13. The molecule has 0 saturated carbocycles. The van der Waals surface area contributed by atoms with E-state index in [0.29, 0.717) is 6.61 Å². The molecular formula is C16H22O5. The van der Waals surface area contributed by atoms with Crippen molar-refractivity contribution in [3.05, 3.63) is 35.9 Å². The second-order valence-corrected chi connectivity index (χ2v) is 6.07. The molecule has 2 saturated heterocycles. The van der Waals surface area contributed by atoms with Gasteiger partial charge in [0, 0.05) is 0 Å². The molecule has 0 aromatic heterocycles. The highest BCUT2D eigenvalue weighted by Crippen LogP contribution is 2.39. The van der Waals surface area contributed by atoms with Crippen molar-refractivity contribution in [1.82, 2.24) is 0 Å². The molecule has 0 aliphatic carbocycles. The van der Waals surface area contributed by atoms with Crippen molar-refractivity contribution in [3.63, 3.8) is 0 Å². The van der Waals surface area contributed by atoms with E-state index in [-0.39, 0.29) is 12.2 Å². The van der Waals surface area contributed by atoms with Gasteiger partial charge in [-0.15, -0.1) is 0 Å². The van der Waals surface area contributed by atoms with Crippen molar-refractivity contribution in [2.45, 2.75) is 63.9 Å². The number of fused-ring (bicyclic) bond motifs is 1. The number of benzene rings is 1. The van der Waals surface area contributed by atoms with Crippen LogP contribution >= 0.6 is 0 Å². The van der Waals surface area contributed by atoms with E-state index in [1.165, 1.54) is 0 Å². The van der Waals surface area contributed by atoms with Crippen molar-refractivity contribution in [1.29, 1.82) is 0 Å². The van der Waals surface area contributed by atoms with Crippen molar-refractivity contribution < 1.29 is 24.1 Å². The number of aliphatic hydroxyl groups excluding tert-OH is 1. The van der Waals surface area contributed by atoms with Gasteiger partial charge in [0.25, 0.3) is 0 Å². The lowest BCUT2D eigenvalue weighted by atomic mass is 10.1. The molecule has 116 valence electrons. The Bertz CT molecular complexity index is 473. The number of rotatable bonds is 4. The quantitative estimate of drug-likeness (QED) is 0.918. The van der Waals surface area contributed by atoms with Crippen LogP contribution in [0.15, 0.2) is 30.3 Å². The minimum absolute atomic E-state index is 0.316. The van der Waals surface area contributed by atoms with E-state index in [1.54, 1.807) is 6.92 Å². The van der Waals surface area contributed by atoms with Gasteiger partial charge < -0.3 is 24.1 Å². The SMILES string of the molecule is C[C@H](O)[C@H]1O[C@@H]2OC(C)(C)O[C@@H]2[C@H]1OCc1ccccc1. The predicted octanol–water partition coefficient (Wildman–Crippen LogP) is 1.83. The Balaban J connectivity index is 1.70. The second-order valence-electron chi connectivity index (χ2n) is 6.07. The van der Waals surface area contributed by atoms with Gasteiger partial charge in [0.05, 0.1) is 12.7 Å². The summed E-state index contributed by atoms with van der Waals surface area (Å²) in [5.41, 5.74) is 1.07. The molecule has 2 heterocycles. The monoisotopic (exact) mass is 294 g/mol. The van der Waals surface area contributed by atoms with Gasteiger partial charge in [0.1, 0.15) is 18.3 Å². The smallest absolute Gasteiger partial charge is 0.190 e. The average molecular weight is 294 g/mol. The lowest BCUT2D eigenvalue weighted by molar-refractivity contribution is -0.229. The molecule has 0 radical (unpaired) electrons. The van der Waals surface area contributed by atoms with E-state index in [2.05, 4.69) is 0 Å². The fraction of sp³-hybridized carbons (Fsp3) is 0.625. The zero-order valence-electron chi connectivity index (χ0n) is 12.6. The summed E-state index contributed by atoms with van der Waals surface area (Å²) in [6.07, 6.45) is -2.24. The third kappa shape index (κ3) is 3.12. The maximum Gasteiger partial charge on any atom is 0.190 e. The van der Waals surface area contributed by atoms with E-state index in [4.69, 9.17) is 18.9 Å². The first-order chi connectivity index (χ1) is 9.96. The Morgan fingerprint density at radius 3 is 2.62 bits per heavy atom. The van der Waals surface area contributed by atoms with Crippen LogP contribution < -0.4 is 0 Å². The van der Waals surface area contributed by atoms with Crippen LogP contribution in [0.3, 0.4) is 0 Å². The summed E-state index contributed by atoms with van der Waals surface area (Å²) in [6.45, 7) is 5.83. The summed E-state index contributed by atoms with van der Waals surface area (Å²) in [5.74, 6) is -0.687. The first kappa shape index (κ1) is 14.9. The third-order valence-corrected chi connectivity index (χ3v) is 3.79. The molecule has 5 nitrogen and oxygen atoms in total. The highest BCUT2D eigenvalue weighted by Gasteiger charge is 2.56. The molecular weight excluding hydrogens is 272 g/mol. The van der Waals surface area contributed by atoms with Gasteiger partial charge in [-0.05, 0) is 26.3 Å². The number of aliphatic hydroxyl groups is 1. The van der Waals surface area contributed by atoms with E-state index in [9.17, 15) is 5.11 Å². The Morgan fingerprint density at radius 1 is 1.24 bits per heavy atom. The molecule has 2 aliphatic heterocycles. The van der Waals surface area contributed by atoms with Crippen molar-refractivity contribution in [2.24, 2.45) is 0 Å². The van der Waals surface area contributed by atoms with Crippen LogP contribution in [0.2, 0.25) is 0 Å². The van der Waals surface area contributed by atoms with Crippen LogP contribution in [0, 0.1) is 0 Å². The maximum atomic E-state index is 9.89. The lowest BCUT2D eigenvalue weighted by Crippen LogP contribution is -2.41. The van der Waals surface area contributed by atoms with E-state index < -0.39 is 24.3 Å². The summed E-state index contributed by atoms with van der Waals surface area (Å²) in [4.78, 5) is 0. The van der Waals surface area contributed by atoms with Gasteiger partial charge in [-0.2, -0.15) is 0 Å². The zero-order chi connectivity index (χ0) is 15.0. The van der Waals surface area contributed by atoms with E-state index in [0.717, 1.165) is 5.56 Å². The fourth-order valence-electron chi connectivity index (χ4n) is 2.85. The van der Waals surface area contributed by atoms with Gasteiger partial charge in [0.2, 0.25) is 0 Å². The minimum Gasteiger partial charge on any atom is -0.391 e. The zero-order valence-corrected chi connectivity index (χ0v) is 12.6. The highest BCUT2D eigenvalue weighted by atomic mass is 16.8. The first-order valence-electron chi connectivity index (χ1n) is 7.31. The summed E-state index contributed by atoms with van der Waals surface area (Å²) in [5, 5.41) is 9.89. The van der Waals surface area contributed by atoms with E-state index in [1.807, 2.05) is 44.2 Å². The topological polar surface area (TPSA) is 57.2 Å². The standard InChI is InChI=1S/C16H22O5/c1-10(17)12-13(18-9-11-7-5-4-6-8-11)14-15(19-12)21-16(2,3)20-14/h4-8,10,12-15,17H,9H2,1-3H3/t10-,12+,13-,14+,15+/m0/s1. The molecule has 0 bridgehead atoms. The Hall–Kier alpha value is -0.980. The molecule has 1 aromatic carbocycles. The van der Waals surface area contributed by atoms with E-state index >= 15 is 0 Å². The van der Waals surface area contributed by atoms with Crippen LogP contribution in [0.5, 0.6) is 0 Å². The van der Waals surface area contributed by atoms with Crippen molar-refractivity contribution >= 4 is 0 Å². The van der Waals surface area contributed by atoms with Gasteiger partial charge in [-0.3, -0.25) is 0 Å². The van der Waals surface area contributed by atoms with Crippen LogP contribution in [-0.2, 0) is 25.6 Å². The van der Waals surface area contributed by atoms with Gasteiger partial charge in [-0.1, -0.05) is 30.3 Å². The predicted molar refractivity (Wildman–Crippen MR) is 75.4 cm³/mol. The Kier molecular flexibility index (Phi) is 4.03. The molecule has 21 heavy (non-hydrogen) atoms. The molecule has 1 N–H and O–H groups in total. The molecule has 0 spiro atoms. The van der Waals surface area contributed by atoms with Gasteiger partial charge >= 0.3 is 0 Å². The first-order valence-corrected chi connectivity index (χ1v) is 7.31. The van der Waals surface area contributed by atoms with Gasteiger partial charge in [-0.25, -0.2) is 0 Å². The van der Waals surface area contributed by atoms with Crippen molar-refractivity contribution in [2.75, 3.05) is 0 Å². The summed E-state index contributed by atoms with van der Waals surface area (Å²) >= 11 is 0. The average Bonchev–Trinajstić information content (AvgIpc) is 2.90. The van der Waals surface area contributed by atoms with Gasteiger partial charge in [0.15, 0.2) is 12.1 Å². The third-order valence-electron chi connectivity index (χ3n) is 3.79. The Labute approximate surface area is 124 Å². The van der Waals surface area contributed by atoms with Crippen LogP contribution in [0.1, 0.15) is 26.3 Å². The fourth-order valence-corrected chi connectivity index (χ4v) is 2.85. The molecule has 5 atom stereocenters. The molecule has 5 heteroatoms. The molecule has 0 amide bonds. The van der Waals surface area contributed by atoms with Crippen LogP contribution in [0.4, 0.5) is 0 Å². The number of hydrogen-bond donors (Lipinski definition) is 1. The normalized spacial score (nSPS) is 35.6. The summed E-state index contributed by atoms with van der Waals surface area (Å²) < 4.78 is 23.3.